The highest BCUT2D eigenvalue weighted by Crippen LogP contribution is 2.38. The monoisotopic (exact) mass is 413 g/mol. The Balaban J connectivity index is 2.93. The highest BCUT2D eigenvalue weighted by Gasteiger charge is 2.22. The smallest absolute Gasteiger partial charge is 0.307 e. The van der Waals surface area contributed by atoms with Gasteiger partial charge in [-0.15, -0.1) is 0 Å². The van der Waals surface area contributed by atoms with Crippen molar-refractivity contribution in [3.63, 3.8) is 0 Å². The number of carboxylic acids is 1. The van der Waals surface area contributed by atoms with Gasteiger partial charge in [-0.05, 0) is 79.5 Å². The van der Waals surface area contributed by atoms with Gasteiger partial charge in [0.05, 0.1) is 6.42 Å². The minimum Gasteiger partial charge on any atom is -0.481 e. The van der Waals surface area contributed by atoms with Gasteiger partial charge < -0.3 is 5.11 Å². The minimum absolute atomic E-state index is 0.0497. The molecule has 0 saturated heterocycles. The lowest BCUT2D eigenvalue weighted by Crippen LogP contribution is -2.11. The molecule has 1 N–H and O–H groups in total. The van der Waals surface area contributed by atoms with Gasteiger partial charge >= 0.3 is 5.97 Å². The first-order chi connectivity index (χ1) is 13.6. The van der Waals surface area contributed by atoms with Crippen molar-refractivity contribution in [3.05, 3.63) is 57.4 Å². The lowest BCUT2D eigenvalue weighted by atomic mass is 9.85. The van der Waals surface area contributed by atoms with Gasteiger partial charge in [0, 0.05) is 22.0 Å². The zero-order valence-corrected chi connectivity index (χ0v) is 19.2. The summed E-state index contributed by atoms with van der Waals surface area (Å²) >= 11 is 6.28. The molecule has 0 saturated carbocycles. The molecule has 1 heterocycles. The summed E-state index contributed by atoms with van der Waals surface area (Å²) in [7, 11) is 0. The predicted octanol–water partition coefficient (Wildman–Crippen LogP) is 7.05. The number of carboxylic acid groups (broad SMARTS) is 1. The summed E-state index contributed by atoms with van der Waals surface area (Å²) in [6.07, 6.45) is 5.19. The standard InChI is InChI=1S/C25H32ClNO2/c1-7-8-9-22-24(17(5)12-15(2)3)25(19-10-11-21(26)16(4)13-19)20(14-23(28)29)18(6)27-22/h10-13,15H,7-9,14H2,1-6H3,(H,28,29)/b17-12+. The first-order valence-electron chi connectivity index (χ1n) is 10.3. The molecular formula is C25H32ClNO2. The number of benzene rings is 1. The Bertz CT molecular complexity index is 929. The van der Waals surface area contributed by atoms with Crippen LogP contribution < -0.4 is 0 Å². The normalized spacial score (nSPS) is 11.9. The topological polar surface area (TPSA) is 50.2 Å². The second kappa shape index (κ2) is 10.1. The fourth-order valence-corrected chi connectivity index (χ4v) is 3.94. The summed E-state index contributed by atoms with van der Waals surface area (Å²) in [6.45, 7) is 12.5. The molecule has 0 fully saturated rings. The molecule has 0 aliphatic heterocycles. The van der Waals surface area contributed by atoms with E-state index >= 15 is 0 Å². The average Bonchev–Trinajstić information content (AvgIpc) is 2.62. The highest BCUT2D eigenvalue weighted by molar-refractivity contribution is 6.31. The summed E-state index contributed by atoms with van der Waals surface area (Å²) in [5, 5.41) is 10.3. The quantitative estimate of drug-likeness (QED) is 0.504. The van der Waals surface area contributed by atoms with Crippen LogP contribution in [-0.2, 0) is 17.6 Å². The van der Waals surface area contributed by atoms with Gasteiger partial charge in [-0.25, -0.2) is 0 Å². The van der Waals surface area contributed by atoms with E-state index in [9.17, 15) is 9.90 Å². The Morgan fingerprint density at radius 3 is 2.52 bits per heavy atom. The fourth-order valence-electron chi connectivity index (χ4n) is 3.82. The molecule has 0 unspecified atom stereocenters. The number of aromatic nitrogens is 1. The molecule has 1 aromatic carbocycles. The molecule has 4 heteroatoms. The van der Waals surface area contributed by atoms with Crippen LogP contribution in [0.15, 0.2) is 24.3 Å². The number of hydrogen-bond acceptors (Lipinski definition) is 2. The third kappa shape index (κ3) is 5.70. The number of rotatable bonds is 8. The Morgan fingerprint density at radius 1 is 1.28 bits per heavy atom. The van der Waals surface area contributed by atoms with Crippen molar-refractivity contribution in [1.82, 2.24) is 4.98 Å². The third-order valence-electron chi connectivity index (χ3n) is 5.10. The van der Waals surface area contributed by atoms with E-state index < -0.39 is 5.97 Å². The first kappa shape index (κ1) is 23.2. The number of hydrogen-bond donors (Lipinski definition) is 1. The molecule has 3 nitrogen and oxygen atoms in total. The van der Waals surface area contributed by atoms with E-state index in [0.717, 1.165) is 64.0 Å². The summed E-state index contributed by atoms with van der Waals surface area (Å²) in [4.78, 5) is 16.6. The predicted molar refractivity (Wildman–Crippen MR) is 123 cm³/mol. The molecule has 0 spiro atoms. The Labute approximate surface area is 179 Å². The van der Waals surface area contributed by atoms with E-state index in [2.05, 4.69) is 39.8 Å². The van der Waals surface area contributed by atoms with Crippen molar-refractivity contribution < 1.29 is 9.90 Å². The number of halogens is 1. The lowest BCUT2D eigenvalue weighted by molar-refractivity contribution is -0.136. The number of aliphatic carboxylic acids is 1. The number of nitrogens with zero attached hydrogens (tertiary/aromatic N) is 1. The van der Waals surface area contributed by atoms with E-state index in [-0.39, 0.29) is 6.42 Å². The number of unbranched alkanes of at least 4 members (excludes halogenated alkanes) is 1. The number of allylic oxidation sites excluding steroid dienone is 2. The van der Waals surface area contributed by atoms with Crippen molar-refractivity contribution in [2.45, 2.75) is 67.2 Å². The van der Waals surface area contributed by atoms with Gasteiger partial charge in [0.15, 0.2) is 0 Å². The maximum absolute atomic E-state index is 11.7. The molecule has 0 bridgehead atoms. The molecule has 0 radical (unpaired) electrons. The van der Waals surface area contributed by atoms with Crippen LogP contribution in [0, 0.1) is 19.8 Å². The van der Waals surface area contributed by atoms with Crippen LogP contribution in [-0.4, -0.2) is 16.1 Å². The van der Waals surface area contributed by atoms with Crippen LogP contribution in [0.4, 0.5) is 0 Å². The summed E-state index contributed by atoms with van der Waals surface area (Å²) in [6, 6.07) is 5.94. The number of pyridine rings is 1. The van der Waals surface area contributed by atoms with Gasteiger partial charge in [0.1, 0.15) is 0 Å². The van der Waals surface area contributed by atoms with Crippen LogP contribution in [0.5, 0.6) is 0 Å². The Morgan fingerprint density at radius 2 is 1.97 bits per heavy atom. The molecule has 2 aromatic rings. The largest absolute Gasteiger partial charge is 0.481 e. The third-order valence-corrected chi connectivity index (χ3v) is 5.52. The first-order valence-corrected chi connectivity index (χ1v) is 10.7. The SMILES string of the molecule is CCCCc1nc(C)c(CC(=O)O)c(-c2ccc(Cl)c(C)c2)c1/C(C)=C/C(C)C. The second-order valence-corrected chi connectivity index (χ2v) is 8.51. The van der Waals surface area contributed by atoms with E-state index in [4.69, 9.17) is 16.6 Å². The maximum Gasteiger partial charge on any atom is 0.307 e. The molecule has 0 aliphatic rings. The van der Waals surface area contributed by atoms with Gasteiger partial charge in [0.25, 0.3) is 0 Å². The summed E-state index contributed by atoms with van der Waals surface area (Å²) < 4.78 is 0. The molecule has 156 valence electrons. The second-order valence-electron chi connectivity index (χ2n) is 8.10. The minimum atomic E-state index is -0.848. The Hall–Kier alpha value is -2.13. The highest BCUT2D eigenvalue weighted by atomic mass is 35.5. The zero-order chi connectivity index (χ0) is 21.7. The van der Waals surface area contributed by atoms with Crippen molar-refractivity contribution in [2.24, 2.45) is 5.92 Å². The number of carbonyl (C=O) groups is 1. The zero-order valence-electron chi connectivity index (χ0n) is 18.4. The molecule has 0 amide bonds. The molecule has 0 atom stereocenters. The molecule has 2 rings (SSSR count). The van der Waals surface area contributed by atoms with Gasteiger partial charge in [-0.1, -0.05) is 50.9 Å². The van der Waals surface area contributed by atoms with Crippen LogP contribution in [0.1, 0.15) is 68.6 Å². The average molecular weight is 414 g/mol. The van der Waals surface area contributed by atoms with Crippen LogP contribution in [0.3, 0.4) is 0 Å². The van der Waals surface area contributed by atoms with Crippen LogP contribution >= 0.6 is 11.6 Å². The van der Waals surface area contributed by atoms with Gasteiger partial charge in [-0.2, -0.15) is 0 Å². The van der Waals surface area contributed by atoms with Gasteiger partial charge in [0.2, 0.25) is 0 Å². The van der Waals surface area contributed by atoms with E-state index in [0.29, 0.717) is 10.9 Å². The van der Waals surface area contributed by atoms with Crippen molar-refractivity contribution in [3.8, 4) is 11.1 Å². The Kier molecular flexibility index (Phi) is 8.04. The molecular weight excluding hydrogens is 382 g/mol. The maximum atomic E-state index is 11.7. The summed E-state index contributed by atoms with van der Waals surface area (Å²) in [5.74, 6) is -0.461. The summed E-state index contributed by atoms with van der Waals surface area (Å²) in [5.41, 5.74) is 7.82. The van der Waals surface area contributed by atoms with Crippen LogP contribution in [0.2, 0.25) is 5.02 Å². The molecule has 0 aliphatic carbocycles. The van der Waals surface area contributed by atoms with Crippen LogP contribution in [0.25, 0.3) is 16.7 Å². The number of aryl methyl sites for hydroxylation is 3. The van der Waals surface area contributed by atoms with Crippen molar-refractivity contribution in [1.29, 1.82) is 0 Å². The lowest BCUT2D eigenvalue weighted by Gasteiger charge is -2.22. The molecule has 29 heavy (non-hydrogen) atoms. The fraction of sp³-hybridized carbons (Fsp3) is 0.440. The van der Waals surface area contributed by atoms with Crippen molar-refractivity contribution in [2.75, 3.05) is 0 Å². The van der Waals surface area contributed by atoms with Crippen molar-refractivity contribution >= 4 is 23.1 Å². The van der Waals surface area contributed by atoms with E-state index in [1.165, 1.54) is 0 Å². The molecule has 1 aromatic heterocycles. The van der Waals surface area contributed by atoms with Gasteiger partial charge in [-0.3, -0.25) is 9.78 Å². The van der Waals surface area contributed by atoms with E-state index in [1.807, 2.05) is 26.0 Å². The van der Waals surface area contributed by atoms with E-state index in [1.54, 1.807) is 0 Å².